The van der Waals surface area contributed by atoms with Gasteiger partial charge < -0.3 is 5.11 Å². The molecule has 0 unspecified atom stereocenters. The summed E-state index contributed by atoms with van der Waals surface area (Å²) in [4.78, 5) is 35.3. The average Bonchev–Trinajstić information content (AvgIpc) is 2.54. The van der Waals surface area contributed by atoms with E-state index in [0.717, 1.165) is 4.90 Å². The molecule has 2 rings (SSSR count). The van der Waals surface area contributed by atoms with Gasteiger partial charge in [0.25, 0.3) is 11.8 Å². The normalized spacial score (nSPS) is 15.0. The Morgan fingerprint density at radius 3 is 2.50 bits per heavy atom. The molecular weight excluding hydrogens is 302 g/mol. The molecule has 0 bridgehead atoms. The van der Waals surface area contributed by atoms with Crippen molar-refractivity contribution < 1.29 is 19.5 Å². The van der Waals surface area contributed by atoms with Crippen LogP contribution in [0, 0.1) is 0 Å². The summed E-state index contributed by atoms with van der Waals surface area (Å²) in [5.74, 6) is -2.03. The summed E-state index contributed by atoms with van der Waals surface area (Å²) in [6.07, 6.45) is 1.23. The predicted octanol–water partition coefficient (Wildman–Crippen LogP) is 1.97. The minimum Gasteiger partial charge on any atom is -0.478 e. The fourth-order valence-electron chi connectivity index (χ4n) is 1.65. The summed E-state index contributed by atoms with van der Waals surface area (Å²) in [7, 11) is 0. The van der Waals surface area contributed by atoms with E-state index in [4.69, 9.17) is 5.11 Å². The van der Waals surface area contributed by atoms with Crippen LogP contribution in [0.4, 0.5) is 5.69 Å². The Morgan fingerprint density at radius 1 is 1.33 bits per heavy atom. The van der Waals surface area contributed by atoms with Gasteiger partial charge in [-0.2, -0.15) is 0 Å². The van der Waals surface area contributed by atoms with Crippen molar-refractivity contribution in [2.75, 3.05) is 4.90 Å². The summed E-state index contributed by atoms with van der Waals surface area (Å²) in [5.41, 5.74) is 0.580. The first-order valence-corrected chi connectivity index (χ1v) is 5.80. The van der Waals surface area contributed by atoms with Crippen molar-refractivity contribution in [1.82, 2.24) is 0 Å². The molecule has 0 fully saturated rings. The standard InChI is InChI=1S/C12H8BrNO4/c1-6-4-10(15)14(11(6)16)7-2-3-9(13)8(5-7)12(17)18/h2-5H,1H3,(H,17,18). The highest BCUT2D eigenvalue weighted by atomic mass is 79.9. The van der Waals surface area contributed by atoms with Gasteiger partial charge in [-0.05, 0) is 41.1 Å². The third-order valence-corrected chi connectivity index (χ3v) is 3.23. The minimum absolute atomic E-state index is 0.00217. The Balaban J connectivity index is 2.48. The molecule has 1 heterocycles. The van der Waals surface area contributed by atoms with Gasteiger partial charge in [0.15, 0.2) is 0 Å². The highest BCUT2D eigenvalue weighted by Gasteiger charge is 2.30. The van der Waals surface area contributed by atoms with Crippen molar-refractivity contribution in [1.29, 1.82) is 0 Å². The Bertz CT molecular complexity index is 606. The molecule has 1 aliphatic rings. The zero-order valence-electron chi connectivity index (χ0n) is 9.31. The molecule has 5 nitrogen and oxygen atoms in total. The lowest BCUT2D eigenvalue weighted by molar-refractivity contribution is -0.120. The molecule has 0 spiro atoms. The van der Waals surface area contributed by atoms with Crippen LogP contribution in [0.5, 0.6) is 0 Å². The topological polar surface area (TPSA) is 74.7 Å². The molecule has 0 saturated heterocycles. The van der Waals surface area contributed by atoms with E-state index in [-0.39, 0.29) is 11.3 Å². The molecule has 0 radical (unpaired) electrons. The van der Waals surface area contributed by atoms with E-state index in [1.807, 2.05) is 0 Å². The van der Waals surface area contributed by atoms with E-state index in [9.17, 15) is 14.4 Å². The Morgan fingerprint density at radius 2 is 2.00 bits per heavy atom. The fourth-order valence-corrected chi connectivity index (χ4v) is 2.06. The van der Waals surface area contributed by atoms with Crippen molar-refractivity contribution in [3.63, 3.8) is 0 Å². The Kier molecular flexibility index (Phi) is 3.04. The number of nitrogens with zero attached hydrogens (tertiary/aromatic N) is 1. The van der Waals surface area contributed by atoms with Gasteiger partial charge in [0.05, 0.1) is 11.3 Å². The summed E-state index contributed by atoms with van der Waals surface area (Å²) in [6.45, 7) is 1.54. The zero-order chi connectivity index (χ0) is 13.4. The number of amides is 2. The Hall–Kier alpha value is -1.95. The molecule has 0 saturated carbocycles. The second-order valence-electron chi connectivity index (χ2n) is 3.78. The van der Waals surface area contributed by atoms with Crippen LogP contribution in [0.3, 0.4) is 0 Å². The number of hydrogen-bond acceptors (Lipinski definition) is 3. The van der Waals surface area contributed by atoms with Crippen molar-refractivity contribution in [3.05, 3.63) is 39.9 Å². The summed E-state index contributed by atoms with van der Waals surface area (Å²) in [5, 5.41) is 8.99. The maximum absolute atomic E-state index is 11.8. The summed E-state index contributed by atoms with van der Waals surface area (Å²) < 4.78 is 0.391. The molecule has 0 atom stereocenters. The van der Waals surface area contributed by atoms with Crippen LogP contribution in [-0.2, 0) is 9.59 Å². The first kappa shape index (κ1) is 12.5. The van der Waals surface area contributed by atoms with E-state index in [1.165, 1.54) is 31.2 Å². The second-order valence-corrected chi connectivity index (χ2v) is 4.63. The highest BCUT2D eigenvalue weighted by Crippen LogP contribution is 2.27. The number of carboxylic acids is 1. The smallest absolute Gasteiger partial charge is 0.336 e. The van der Waals surface area contributed by atoms with Crippen molar-refractivity contribution in [3.8, 4) is 0 Å². The number of rotatable bonds is 2. The molecule has 1 aliphatic heterocycles. The lowest BCUT2D eigenvalue weighted by atomic mass is 10.2. The highest BCUT2D eigenvalue weighted by molar-refractivity contribution is 9.10. The SMILES string of the molecule is CC1=CC(=O)N(c2ccc(Br)c(C(=O)O)c2)C1=O. The number of benzene rings is 1. The molecule has 0 aliphatic carbocycles. The number of imide groups is 1. The van der Waals surface area contributed by atoms with Gasteiger partial charge >= 0.3 is 5.97 Å². The quantitative estimate of drug-likeness (QED) is 0.848. The molecule has 6 heteroatoms. The third kappa shape index (κ3) is 1.95. The number of carboxylic acid groups (broad SMARTS) is 1. The number of aromatic carboxylic acids is 1. The molecule has 92 valence electrons. The van der Waals surface area contributed by atoms with Gasteiger partial charge in [0, 0.05) is 16.1 Å². The first-order valence-electron chi connectivity index (χ1n) is 5.01. The fraction of sp³-hybridized carbons (Fsp3) is 0.0833. The molecular formula is C12H8BrNO4. The van der Waals surface area contributed by atoms with E-state index < -0.39 is 17.8 Å². The van der Waals surface area contributed by atoms with Gasteiger partial charge in [0.1, 0.15) is 0 Å². The summed E-state index contributed by atoms with van der Waals surface area (Å²) in [6, 6.07) is 4.29. The number of carbonyl (C=O) groups excluding carboxylic acids is 2. The van der Waals surface area contributed by atoms with E-state index in [0.29, 0.717) is 10.0 Å². The monoisotopic (exact) mass is 309 g/mol. The molecule has 18 heavy (non-hydrogen) atoms. The van der Waals surface area contributed by atoms with Crippen LogP contribution < -0.4 is 4.90 Å². The van der Waals surface area contributed by atoms with E-state index in [1.54, 1.807) is 0 Å². The van der Waals surface area contributed by atoms with Crippen molar-refractivity contribution in [2.45, 2.75) is 6.92 Å². The minimum atomic E-state index is -1.13. The van der Waals surface area contributed by atoms with Gasteiger partial charge in [0.2, 0.25) is 0 Å². The average molecular weight is 310 g/mol. The Labute approximate surface area is 111 Å². The lowest BCUT2D eigenvalue weighted by Crippen LogP contribution is -2.30. The van der Waals surface area contributed by atoms with Crippen LogP contribution in [0.25, 0.3) is 0 Å². The van der Waals surface area contributed by atoms with E-state index in [2.05, 4.69) is 15.9 Å². The predicted molar refractivity (Wildman–Crippen MR) is 67.4 cm³/mol. The van der Waals surface area contributed by atoms with Gasteiger partial charge in [-0.25, -0.2) is 9.69 Å². The largest absolute Gasteiger partial charge is 0.478 e. The van der Waals surface area contributed by atoms with Gasteiger partial charge in [-0.3, -0.25) is 9.59 Å². The maximum atomic E-state index is 11.8. The molecule has 1 N–H and O–H groups in total. The molecule has 2 amide bonds. The number of halogens is 1. The van der Waals surface area contributed by atoms with Gasteiger partial charge in [-0.1, -0.05) is 0 Å². The lowest BCUT2D eigenvalue weighted by Gasteiger charge is -2.15. The first-order chi connectivity index (χ1) is 8.41. The number of carbonyl (C=O) groups is 3. The molecule has 1 aromatic carbocycles. The van der Waals surface area contributed by atoms with Gasteiger partial charge in [-0.15, -0.1) is 0 Å². The maximum Gasteiger partial charge on any atom is 0.336 e. The molecule has 0 aromatic heterocycles. The van der Waals surface area contributed by atoms with Crippen LogP contribution in [-0.4, -0.2) is 22.9 Å². The van der Waals surface area contributed by atoms with Crippen LogP contribution in [0.15, 0.2) is 34.3 Å². The van der Waals surface area contributed by atoms with Crippen LogP contribution >= 0.6 is 15.9 Å². The van der Waals surface area contributed by atoms with E-state index >= 15 is 0 Å². The molecule has 1 aromatic rings. The third-order valence-electron chi connectivity index (χ3n) is 2.54. The van der Waals surface area contributed by atoms with Crippen LogP contribution in [0.2, 0.25) is 0 Å². The second kappa shape index (κ2) is 4.38. The number of anilines is 1. The zero-order valence-corrected chi connectivity index (χ0v) is 10.9. The van der Waals surface area contributed by atoms with Crippen molar-refractivity contribution in [2.24, 2.45) is 0 Å². The van der Waals surface area contributed by atoms with Crippen molar-refractivity contribution >= 4 is 39.4 Å². The van der Waals surface area contributed by atoms with Crippen LogP contribution in [0.1, 0.15) is 17.3 Å². The summed E-state index contributed by atoms with van der Waals surface area (Å²) >= 11 is 3.10. The number of hydrogen-bond donors (Lipinski definition) is 1.